The van der Waals surface area contributed by atoms with Gasteiger partial charge in [0.25, 0.3) is 0 Å². The average Bonchev–Trinajstić information content (AvgIpc) is 2.40. The van der Waals surface area contributed by atoms with Crippen molar-refractivity contribution in [1.29, 1.82) is 0 Å². The van der Waals surface area contributed by atoms with E-state index in [0.29, 0.717) is 17.9 Å². The minimum Gasteiger partial charge on any atom is -0.399 e. The van der Waals surface area contributed by atoms with Gasteiger partial charge in [0.05, 0.1) is 0 Å². The zero-order chi connectivity index (χ0) is 14.5. The maximum atomic E-state index is 11.9. The number of nitrogen functional groups attached to an aromatic ring is 1. The van der Waals surface area contributed by atoms with Crippen molar-refractivity contribution in [2.45, 2.75) is 19.8 Å². The highest BCUT2D eigenvalue weighted by Crippen LogP contribution is 2.20. The van der Waals surface area contributed by atoms with Crippen molar-refractivity contribution in [3.05, 3.63) is 58.6 Å². The fourth-order valence-corrected chi connectivity index (χ4v) is 2.21. The van der Waals surface area contributed by atoms with Gasteiger partial charge in [0.15, 0.2) is 0 Å². The summed E-state index contributed by atoms with van der Waals surface area (Å²) in [7, 11) is 0. The van der Waals surface area contributed by atoms with Crippen LogP contribution in [0.3, 0.4) is 0 Å². The summed E-state index contributed by atoms with van der Waals surface area (Å²) in [6.45, 7) is 1.92. The maximum absolute atomic E-state index is 11.9. The van der Waals surface area contributed by atoms with Crippen molar-refractivity contribution in [3.63, 3.8) is 0 Å². The van der Waals surface area contributed by atoms with Crippen LogP contribution in [0.5, 0.6) is 0 Å². The summed E-state index contributed by atoms with van der Waals surface area (Å²) >= 11 is 5.88. The van der Waals surface area contributed by atoms with Crippen molar-refractivity contribution >= 4 is 28.9 Å². The number of hydrogen-bond acceptors (Lipinski definition) is 2. The molecule has 3 nitrogen and oxygen atoms in total. The van der Waals surface area contributed by atoms with E-state index in [1.165, 1.54) is 0 Å². The summed E-state index contributed by atoms with van der Waals surface area (Å²) in [6, 6.07) is 13.0. The molecule has 0 heterocycles. The van der Waals surface area contributed by atoms with Gasteiger partial charge in [0.1, 0.15) is 0 Å². The number of halogens is 1. The second kappa shape index (κ2) is 6.44. The Balaban J connectivity index is 1.92. The van der Waals surface area contributed by atoms with Crippen LogP contribution in [0, 0.1) is 6.92 Å². The molecule has 0 unspecified atom stereocenters. The van der Waals surface area contributed by atoms with Crippen LogP contribution < -0.4 is 11.1 Å². The quantitative estimate of drug-likeness (QED) is 0.841. The van der Waals surface area contributed by atoms with Gasteiger partial charge in [-0.25, -0.2) is 0 Å². The van der Waals surface area contributed by atoms with Gasteiger partial charge in [0, 0.05) is 22.8 Å². The first kappa shape index (κ1) is 14.4. The number of hydrogen-bond donors (Lipinski definition) is 2. The number of rotatable bonds is 4. The van der Waals surface area contributed by atoms with Gasteiger partial charge in [-0.2, -0.15) is 0 Å². The highest BCUT2D eigenvalue weighted by molar-refractivity contribution is 6.30. The van der Waals surface area contributed by atoms with Crippen LogP contribution in [0.1, 0.15) is 17.5 Å². The number of nitrogens with one attached hydrogen (secondary N) is 1. The molecule has 0 fully saturated rings. The molecule has 0 saturated carbocycles. The zero-order valence-corrected chi connectivity index (χ0v) is 12.1. The topological polar surface area (TPSA) is 55.1 Å². The van der Waals surface area contributed by atoms with E-state index in [1.807, 2.05) is 43.3 Å². The Hall–Kier alpha value is -2.00. The molecule has 0 aliphatic rings. The molecule has 2 aromatic carbocycles. The molecule has 104 valence electrons. The van der Waals surface area contributed by atoms with Crippen LogP contribution in [0.25, 0.3) is 0 Å². The van der Waals surface area contributed by atoms with E-state index in [-0.39, 0.29) is 5.91 Å². The van der Waals surface area contributed by atoms with Crippen LogP contribution in [0.2, 0.25) is 5.02 Å². The Labute approximate surface area is 123 Å². The normalized spacial score (nSPS) is 10.3. The van der Waals surface area contributed by atoms with Gasteiger partial charge in [-0.3, -0.25) is 4.79 Å². The Morgan fingerprint density at radius 2 is 2.05 bits per heavy atom. The number of carbonyl (C=O) groups excluding carboxylic acids is 1. The molecule has 0 aliphatic heterocycles. The third-order valence-corrected chi connectivity index (χ3v) is 3.29. The minimum absolute atomic E-state index is 0.0159. The van der Waals surface area contributed by atoms with E-state index < -0.39 is 0 Å². The van der Waals surface area contributed by atoms with Crippen LogP contribution in [-0.4, -0.2) is 5.91 Å². The number of amides is 1. The van der Waals surface area contributed by atoms with Gasteiger partial charge in [-0.1, -0.05) is 23.7 Å². The summed E-state index contributed by atoms with van der Waals surface area (Å²) in [5.74, 6) is -0.0159. The van der Waals surface area contributed by atoms with Crippen LogP contribution in [0.4, 0.5) is 11.4 Å². The fraction of sp³-hybridized carbons (Fsp3) is 0.188. The van der Waals surface area contributed by atoms with Crippen molar-refractivity contribution in [1.82, 2.24) is 0 Å². The van der Waals surface area contributed by atoms with Crippen LogP contribution in [-0.2, 0) is 11.2 Å². The molecule has 2 aromatic rings. The first-order chi connectivity index (χ1) is 9.54. The number of aryl methyl sites for hydroxylation is 2. The highest BCUT2D eigenvalue weighted by Gasteiger charge is 2.06. The lowest BCUT2D eigenvalue weighted by molar-refractivity contribution is -0.116. The molecule has 0 aliphatic carbocycles. The SMILES string of the molecule is Cc1cc(Cl)ccc1NC(=O)CCc1cccc(N)c1. The Morgan fingerprint density at radius 1 is 1.25 bits per heavy atom. The molecule has 0 radical (unpaired) electrons. The molecule has 4 heteroatoms. The van der Waals surface area contributed by atoms with Crippen LogP contribution >= 0.6 is 11.6 Å². The lowest BCUT2D eigenvalue weighted by atomic mass is 10.1. The monoisotopic (exact) mass is 288 g/mol. The zero-order valence-electron chi connectivity index (χ0n) is 11.3. The summed E-state index contributed by atoms with van der Waals surface area (Å²) in [5, 5.41) is 3.56. The second-order valence-electron chi connectivity index (χ2n) is 4.75. The largest absolute Gasteiger partial charge is 0.399 e. The lowest BCUT2D eigenvalue weighted by Crippen LogP contribution is -2.13. The molecule has 2 rings (SSSR count). The Bertz CT molecular complexity index is 626. The Morgan fingerprint density at radius 3 is 2.75 bits per heavy atom. The van der Waals surface area contributed by atoms with Crippen molar-refractivity contribution in [3.8, 4) is 0 Å². The summed E-state index contributed by atoms with van der Waals surface area (Å²) in [6.07, 6.45) is 1.09. The maximum Gasteiger partial charge on any atom is 0.224 e. The van der Waals surface area contributed by atoms with E-state index in [2.05, 4.69) is 5.32 Å². The minimum atomic E-state index is -0.0159. The Kier molecular flexibility index (Phi) is 4.64. The van der Waals surface area contributed by atoms with E-state index in [4.69, 9.17) is 17.3 Å². The molecule has 0 saturated heterocycles. The number of anilines is 2. The summed E-state index contributed by atoms with van der Waals surface area (Å²) in [4.78, 5) is 11.9. The van der Waals surface area contributed by atoms with Crippen LogP contribution in [0.15, 0.2) is 42.5 Å². The van der Waals surface area contributed by atoms with E-state index >= 15 is 0 Å². The fourth-order valence-electron chi connectivity index (χ4n) is 1.99. The molecule has 0 spiro atoms. The van der Waals surface area contributed by atoms with Gasteiger partial charge in [-0.05, 0) is 54.8 Å². The first-order valence-electron chi connectivity index (χ1n) is 6.45. The van der Waals surface area contributed by atoms with E-state index in [0.717, 1.165) is 22.5 Å². The number of nitrogens with two attached hydrogens (primary N) is 1. The number of carbonyl (C=O) groups is 1. The molecule has 0 aromatic heterocycles. The molecular weight excluding hydrogens is 272 g/mol. The average molecular weight is 289 g/mol. The van der Waals surface area contributed by atoms with Crippen molar-refractivity contribution in [2.75, 3.05) is 11.1 Å². The second-order valence-corrected chi connectivity index (χ2v) is 5.19. The van der Waals surface area contributed by atoms with Crippen molar-refractivity contribution in [2.24, 2.45) is 0 Å². The molecule has 20 heavy (non-hydrogen) atoms. The summed E-state index contributed by atoms with van der Waals surface area (Å²) < 4.78 is 0. The predicted octanol–water partition coefficient (Wildman–Crippen LogP) is 3.80. The molecule has 1 amide bonds. The molecule has 3 N–H and O–H groups in total. The molecule has 0 bridgehead atoms. The van der Waals surface area contributed by atoms with Gasteiger partial charge in [0.2, 0.25) is 5.91 Å². The number of benzene rings is 2. The standard InChI is InChI=1S/C16H17ClN2O/c1-11-9-13(17)6-7-15(11)19-16(20)8-5-12-3-2-4-14(18)10-12/h2-4,6-7,9-10H,5,8,18H2,1H3,(H,19,20). The molecule has 0 atom stereocenters. The first-order valence-corrected chi connectivity index (χ1v) is 6.83. The van der Waals surface area contributed by atoms with Gasteiger partial charge in [-0.15, -0.1) is 0 Å². The predicted molar refractivity (Wildman–Crippen MR) is 84.0 cm³/mol. The lowest BCUT2D eigenvalue weighted by Gasteiger charge is -2.09. The molecular formula is C16H17ClN2O. The van der Waals surface area contributed by atoms with Crippen molar-refractivity contribution < 1.29 is 4.79 Å². The third kappa shape index (κ3) is 4.00. The smallest absolute Gasteiger partial charge is 0.224 e. The van der Waals surface area contributed by atoms with Gasteiger partial charge >= 0.3 is 0 Å². The highest BCUT2D eigenvalue weighted by atomic mass is 35.5. The summed E-state index contributed by atoms with van der Waals surface area (Å²) in [5.41, 5.74) is 9.24. The third-order valence-electron chi connectivity index (χ3n) is 3.05. The van der Waals surface area contributed by atoms with E-state index in [9.17, 15) is 4.79 Å². The van der Waals surface area contributed by atoms with E-state index in [1.54, 1.807) is 6.07 Å². The van der Waals surface area contributed by atoms with Gasteiger partial charge < -0.3 is 11.1 Å².